The SMILES string of the molecule is [Ni][C]1=CCCC=CCC1.[Ni][C]1=CCCC=CCC1. The molecular formula is C16H22Ni2. The molecule has 0 saturated carbocycles. The molecule has 0 unspecified atom stereocenters. The topological polar surface area (TPSA) is 0 Å². The van der Waals surface area contributed by atoms with E-state index >= 15 is 0 Å². The van der Waals surface area contributed by atoms with Gasteiger partial charge in [-0.3, -0.25) is 0 Å². The molecule has 0 aliphatic heterocycles. The fourth-order valence-electron chi connectivity index (χ4n) is 1.75. The molecule has 0 bridgehead atoms. The van der Waals surface area contributed by atoms with Crippen molar-refractivity contribution in [1.29, 1.82) is 0 Å². The van der Waals surface area contributed by atoms with Crippen LogP contribution in [-0.2, 0) is 30.9 Å². The maximum absolute atomic E-state index is 4.78. The Morgan fingerprint density at radius 3 is 1.39 bits per heavy atom. The molecule has 0 N–H and O–H groups in total. The van der Waals surface area contributed by atoms with Crippen LogP contribution in [0.4, 0.5) is 0 Å². The van der Waals surface area contributed by atoms with Gasteiger partial charge in [0.1, 0.15) is 0 Å². The first kappa shape index (κ1) is 16.0. The van der Waals surface area contributed by atoms with E-state index in [1.165, 1.54) is 21.9 Å². The summed E-state index contributed by atoms with van der Waals surface area (Å²) in [6, 6.07) is 0. The predicted molar refractivity (Wildman–Crippen MR) is 71.4 cm³/mol. The molecule has 0 nitrogen and oxygen atoms in total. The second-order valence-electron chi connectivity index (χ2n) is 4.40. The summed E-state index contributed by atoms with van der Waals surface area (Å²) < 4.78 is 2.36. The van der Waals surface area contributed by atoms with Gasteiger partial charge in [0.2, 0.25) is 0 Å². The van der Waals surface area contributed by atoms with Gasteiger partial charge in [0.15, 0.2) is 0 Å². The van der Waals surface area contributed by atoms with Gasteiger partial charge >= 0.3 is 128 Å². The van der Waals surface area contributed by atoms with Crippen LogP contribution < -0.4 is 0 Å². The van der Waals surface area contributed by atoms with E-state index in [0.717, 1.165) is 38.5 Å². The minimum absolute atomic E-state index is 1.09. The van der Waals surface area contributed by atoms with Crippen LogP contribution in [0.2, 0.25) is 0 Å². The fraction of sp³-hybridized carbons (Fsp3) is 0.500. The van der Waals surface area contributed by atoms with Gasteiger partial charge in [0.25, 0.3) is 0 Å². The summed E-state index contributed by atoms with van der Waals surface area (Å²) in [6.07, 6.45) is 22.4. The van der Waals surface area contributed by atoms with Crippen LogP contribution >= 0.6 is 0 Å². The molecular weight excluding hydrogens is 310 g/mol. The zero-order valence-electron chi connectivity index (χ0n) is 10.8. The van der Waals surface area contributed by atoms with Gasteiger partial charge in [0.05, 0.1) is 0 Å². The standard InChI is InChI=1S/2C8H11.2Ni/c2*1-2-4-6-8-7-5-3-1;;/h2*1-2,7H,3-6H2;;. The molecule has 2 aliphatic rings. The third-order valence-electron chi connectivity index (χ3n) is 2.78. The van der Waals surface area contributed by atoms with Crippen LogP contribution in [0.1, 0.15) is 51.4 Å². The molecule has 2 rings (SSSR count). The summed E-state index contributed by atoms with van der Waals surface area (Å²) in [6.45, 7) is 0. The molecule has 0 saturated heterocycles. The van der Waals surface area contributed by atoms with E-state index in [1.807, 2.05) is 0 Å². The van der Waals surface area contributed by atoms with Crippen LogP contribution in [0.3, 0.4) is 0 Å². The predicted octanol–water partition coefficient (Wildman–Crippen LogP) is 5.09. The van der Waals surface area contributed by atoms with Crippen molar-refractivity contribution < 1.29 is 30.9 Å². The van der Waals surface area contributed by atoms with Crippen LogP contribution in [0.15, 0.2) is 45.5 Å². The van der Waals surface area contributed by atoms with Crippen molar-refractivity contribution in [3.63, 3.8) is 0 Å². The first-order valence-corrected chi connectivity index (χ1v) is 7.70. The Morgan fingerprint density at radius 1 is 0.556 bits per heavy atom. The summed E-state index contributed by atoms with van der Waals surface area (Å²) >= 11 is 9.56. The third-order valence-corrected chi connectivity index (χ3v) is 3.67. The van der Waals surface area contributed by atoms with Crippen molar-refractivity contribution in [1.82, 2.24) is 0 Å². The van der Waals surface area contributed by atoms with E-state index in [-0.39, 0.29) is 0 Å². The van der Waals surface area contributed by atoms with E-state index in [4.69, 9.17) is 30.9 Å². The van der Waals surface area contributed by atoms with Crippen molar-refractivity contribution in [2.24, 2.45) is 0 Å². The van der Waals surface area contributed by atoms with Crippen LogP contribution in [0.25, 0.3) is 0 Å². The Morgan fingerprint density at radius 2 is 0.944 bits per heavy atom. The summed E-state index contributed by atoms with van der Waals surface area (Å²) in [7, 11) is 0. The van der Waals surface area contributed by atoms with E-state index in [2.05, 4.69) is 36.5 Å². The Balaban J connectivity index is 0.000000180. The monoisotopic (exact) mass is 330 g/mol. The average molecular weight is 332 g/mol. The molecule has 0 aromatic carbocycles. The van der Waals surface area contributed by atoms with Gasteiger partial charge in [-0.2, -0.15) is 0 Å². The minimum atomic E-state index is 1.09. The average Bonchev–Trinajstić information content (AvgIpc) is 2.30. The zero-order chi connectivity index (χ0) is 13.1. The van der Waals surface area contributed by atoms with E-state index in [1.54, 1.807) is 0 Å². The number of allylic oxidation sites excluding steroid dienone is 8. The van der Waals surface area contributed by atoms with E-state index in [9.17, 15) is 0 Å². The molecule has 0 aromatic heterocycles. The summed E-state index contributed by atoms with van der Waals surface area (Å²) in [5.41, 5.74) is 0. The second kappa shape index (κ2) is 10.8. The van der Waals surface area contributed by atoms with Gasteiger partial charge in [-0.25, -0.2) is 0 Å². The Hall–Kier alpha value is -0.0530. The van der Waals surface area contributed by atoms with Gasteiger partial charge in [-0.15, -0.1) is 0 Å². The van der Waals surface area contributed by atoms with Gasteiger partial charge in [0, 0.05) is 0 Å². The van der Waals surface area contributed by atoms with Crippen LogP contribution in [0.5, 0.6) is 0 Å². The summed E-state index contributed by atoms with van der Waals surface area (Å²) in [5.74, 6) is 0. The zero-order valence-corrected chi connectivity index (χ0v) is 12.7. The molecule has 2 heteroatoms. The molecule has 0 spiro atoms. The van der Waals surface area contributed by atoms with Crippen molar-refractivity contribution in [3.05, 3.63) is 45.5 Å². The van der Waals surface area contributed by atoms with Crippen LogP contribution in [0, 0.1) is 0 Å². The Kier molecular flexibility index (Phi) is 9.63. The third kappa shape index (κ3) is 8.95. The van der Waals surface area contributed by atoms with Crippen molar-refractivity contribution >= 4 is 0 Å². The number of rotatable bonds is 0. The van der Waals surface area contributed by atoms with Crippen molar-refractivity contribution in [3.8, 4) is 0 Å². The molecule has 0 radical (unpaired) electrons. The molecule has 0 amide bonds. The van der Waals surface area contributed by atoms with Crippen LogP contribution in [-0.4, -0.2) is 0 Å². The first-order valence-electron chi connectivity index (χ1n) is 6.72. The molecule has 0 heterocycles. The molecule has 2 aliphatic carbocycles. The quantitative estimate of drug-likeness (QED) is 0.428. The number of hydrogen-bond acceptors (Lipinski definition) is 0. The van der Waals surface area contributed by atoms with Gasteiger partial charge < -0.3 is 0 Å². The second-order valence-corrected chi connectivity index (χ2v) is 5.67. The van der Waals surface area contributed by atoms with E-state index < -0.39 is 0 Å². The van der Waals surface area contributed by atoms with Crippen molar-refractivity contribution in [2.75, 3.05) is 0 Å². The normalized spacial score (nSPS) is 20.4. The summed E-state index contributed by atoms with van der Waals surface area (Å²) in [4.78, 5) is 0. The fourth-order valence-corrected chi connectivity index (χ4v) is 2.32. The van der Waals surface area contributed by atoms with E-state index in [0.29, 0.717) is 0 Å². The Labute approximate surface area is 127 Å². The number of hydrogen-bond donors (Lipinski definition) is 0. The van der Waals surface area contributed by atoms with Gasteiger partial charge in [-0.05, 0) is 0 Å². The Bertz CT molecular complexity index is 301. The maximum atomic E-state index is 4.78. The molecule has 18 heavy (non-hydrogen) atoms. The molecule has 0 fully saturated rings. The first-order chi connectivity index (χ1) is 8.79. The molecule has 106 valence electrons. The van der Waals surface area contributed by atoms with Crippen molar-refractivity contribution in [2.45, 2.75) is 51.4 Å². The molecule has 0 atom stereocenters. The summed E-state index contributed by atoms with van der Waals surface area (Å²) in [5, 5.41) is 0. The molecule has 0 aromatic rings. The van der Waals surface area contributed by atoms with Gasteiger partial charge in [-0.1, -0.05) is 0 Å².